The van der Waals surface area contributed by atoms with E-state index in [4.69, 9.17) is 21.1 Å². The number of hydrogen-bond donors (Lipinski definition) is 1. The molecule has 1 N–H and O–H groups in total. The summed E-state index contributed by atoms with van der Waals surface area (Å²) in [7, 11) is 3.14. The number of aromatic nitrogens is 3. The van der Waals surface area contributed by atoms with Crippen LogP contribution in [0.4, 0.5) is 16.2 Å². The third kappa shape index (κ3) is 4.80. The number of amides is 2. The van der Waals surface area contributed by atoms with E-state index in [1.165, 1.54) is 6.42 Å². The Balaban J connectivity index is 1.67. The molecule has 8 nitrogen and oxygen atoms in total. The number of nitrogens with one attached hydrogen (secondary N) is 1. The van der Waals surface area contributed by atoms with E-state index in [1.807, 2.05) is 6.07 Å². The van der Waals surface area contributed by atoms with Crippen LogP contribution in [0.1, 0.15) is 30.9 Å². The topological polar surface area (TPSA) is 81.5 Å². The summed E-state index contributed by atoms with van der Waals surface area (Å²) in [5, 5.41) is 12.3. The van der Waals surface area contributed by atoms with Crippen molar-refractivity contribution >= 4 is 29.0 Å². The lowest BCUT2D eigenvalue weighted by molar-refractivity contribution is 0.256. The van der Waals surface area contributed by atoms with Gasteiger partial charge in [-0.15, -0.1) is 10.2 Å². The minimum atomic E-state index is -0.300. The van der Waals surface area contributed by atoms with Gasteiger partial charge >= 0.3 is 6.03 Å². The van der Waals surface area contributed by atoms with Crippen molar-refractivity contribution in [2.75, 3.05) is 24.4 Å². The highest BCUT2D eigenvalue weighted by molar-refractivity contribution is 6.30. The summed E-state index contributed by atoms with van der Waals surface area (Å²) in [5.74, 6) is 2.85. The highest BCUT2D eigenvalue weighted by Gasteiger charge is 2.23. The lowest BCUT2D eigenvalue weighted by Gasteiger charge is -2.24. The van der Waals surface area contributed by atoms with E-state index in [-0.39, 0.29) is 12.6 Å². The van der Waals surface area contributed by atoms with Gasteiger partial charge in [0.05, 0.1) is 20.8 Å². The normalized spacial score (nSPS) is 13.1. The Morgan fingerprint density at radius 3 is 2.59 bits per heavy atom. The first-order chi connectivity index (χ1) is 15.6. The van der Waals surface area contributed by atoms with E-state index in [9.17, 15) is 4.79 Å². The first-order valence-corrected chi connectivity index (χ1v) is 10.9. The molecule has 2 heterocycles. The molecule has 168 valence electrons. The van der Waals surface area contributed by atoms with Crippen molar-refractivity contribution in [1.29, 1.82) is 0 Å². The van der Waals surface area contributed by atoms with Gasteiger partial charge in [-0.05, 0) is 49.2 Å². The third-order valence-electron chi connectivity index (χ3n) is 5.51. The number of fused-ring (bicyclic) bond motifs is 1. The van der Waals surface area contributed by atoms with Gasteiger partial charge < -0.3 is 19.4 Å². The van der Waals surface area contributed by atoms with Crippen LogP contribution < -0.4 is 19.7 Å². The number of carbonyl (C=O) groups is 1. The lowest BCUT2D eigenvalue weighted by Crippen LogP contribution is -2.35. The SMILES string of the molecule is COc1ccc(N(Cc2nnc3n2CCCCC3)C(=O)Nc2ccc(Cl)cc2)cc1OC. The molecular weight excluding hydrogens is 430 g/mol. The number of anilines is 2. The zero-order valence-electron chi connectivity index (χ0n) is 18.2. The standard InChI is InChI=1S/C23H26ClN5O3/c1-31-19-12-11-18(14-20(19)32-2)29(23(30)25-17-9-7-16(24)8-10-17)15-22-27-26-21-6-4-3-5-13-28(21)22/h7-12,14H,3-6,13,15H2,1-2H3,(H,25,30). The predicted molar refractivity (Wildman–Crippen MR) is 124 cm³/mol. The molecule has 0 spiro atoms. The van der Waals surface area contributed by atoms with Crippen molar-refractivity contribution in [1.82, 2.24) is 14.8 Å². The molecule has 2 amide bonds. The quantitative estimate of drug-likeness (QED) is 0.570. The number of nitrogens with zero attached hydrogens (tertiary/aromatic N) is 4. The van der Waals surface area contributed by atoms with Crippen LogP contribution in [0.2, 0.25) is 5.02 Å². The van der Waals surface area contributed by atoms with Gasteiger partial charge in [0, 0.05) is 35.4 Å². The average molecular weight is 456 g/mol. The minimum absolute atomic E-state index is 0.266. The van der Waals surface area contributed by atoms with Gasteiger partial charge in [0.25, 0.3) is 0 Å². The second-order valence-corrected chi connectivity index (χ2v) is 7.99. The first kappa shape index (κ1) is 22.0. The summed E-state index contributed by atoms with van der Waals surface area (Å²) in [5.41, 5.74) is 1.30. The van der Waals surface area contributed by atoms with Crippen LogP contribution in [0.3, 0.4) is 0 Å². The van der Waals surface area contributed by atoms with Gasteiger partial charge in [0.15, 0.2) is 17.3 Å². The first-order valence-electron chi connectivity index (χ1n) is 10.6. The average Bonchev–Trinajstić information content (AvgIpc) is 3.03. The Hall–Kier alpha value is -3.26. The van der Waals surface area contributed by atoms with Crippen molar-refractivity contribution in [2.45, 2.75) is 38.8 Å². The fourth-order valence-corrected chi connectivity index (χ4v) is 3.93. The number of hydrogen-bond acceptors (Lipinski definition) is 5. The number of ether oxygens (including phenoxy) is 2. The number of methoxy groups -OCH3 is 2. The molecule has 9 heteroatoms. The number of urea groups is 1. The Morgan fingerprint density at radius 2 is 1.84 bits per heavy atom. The summed E-state index contributed by atoms with van der Waals surface area (Å²) in [6, 6.07) is 12.1. The molecule has 0 bridgehead atoms. The fourth-order valence-electron chi connectivity index (χ4n) is 3.80. The molecule has 0 radical (unpaired) electrons. The van der Waals surface area contributed by atoms with E-state index in [0.29, 0.717) is 27.9 Å². The van der Waals surface area contributed by atoms with E-state index < -0.39 is 0 Å². The molecule has 4 rings (SSSR count). The maximum absolute atomic E-state index is 13.4. The van der Waals surface area contributed by atoms with Gasteiger partial charge in [-0.2, -0.15) is 0 Å². The summed E-state index contributed by atoms with van der Waals surface area (Å²) in [6.45, 7) is 1.12. The van der Waals surface area contributed by atoms with Gasteiger partial charge in [0.1, 0.15) is 5.82 Å². The fraction of sp³-hybridized carbons (Fsp3) is 0.348. The zero-order valence-corrected chi connectivity index (χ0v) is 18.9. The minimum Gasteiger partial charge on any atom is -0.493 e. The monoisotopic (exact) mass is 455 g/mol. The maximum atomic E-state index is 13.4. The molecule has 0 aliphatic carbocycles. The molecule has 0 atom stereocenters. The Kier molecular flexibility index (Phi) is 6.80. The summed E-state index contributed by atoms with van der Waals surface area (Å²) >= 11 is 5.98. The molecule has 2 aromatic carbocycles. The molecule has 3 aromatic rings. The smallest absolute Gasteiger partial charge is 0.326 e. The van der Waals surface area contributed by atoms with E-state index in [0.717, 1.165) is 37.5 Å². The van der Waals surface area contributed by atoms with Crippen LogP contribution in [0, 0.1) is 0 Å². The van der Waals surface area contributed by atoms with Crippen LogP contribution >= 0.6 is 11.6 Å². The number of rotatable bonds is 6. The Labute approximate surface area is 192 Å². The van der Waals surface area contributed by atoms with Crippen molar-refractivity contribution in [3.8, 4) is 11.5 Å². The number of aryl methyl sites for hydroxylation is 1. The largest absolute Gasteiger partial charge is 0.493 e. The van der Waals surface area contributed by atoms with Crippen molar-refractivity contribution in [3.63, 3.8) is 0 Å². The van der Waals surface area contributed by atoms with E-state index in [2.05, 4.69) is 20.1 Å². The van der Waals surface area contributed by atoms with Crippen molar-refractivity contribution < 1.29 is 14.3 Å². The number of benzene rings is 2. The molecular formula is C23H26ClN5O3. The zero-order chi connectivity index (χ0) is 22.5. The van der Waals surface area contributed by atoms with Gasteiger partial charge in [-0.25, -0.2) is 4.79 Å². The van der Waals surface area contributed by atoms with Gasteiger partial charge in [-0.3, -0.25) is 4.90 Å². The van der Waals surface area contributed by atoms with Crippen LogP contribution in [0.25, 0.3) is 0 Å². The Bertz CT molecular complexity index is 1080. The second kappa shape index (κ2) is 9.91. The molecule has 0 saturated heterocycles. The van der Waals surface area contributed by atoms with Crippen LogP contribution in [0.5, 0.6) is 11.5 Å². The molecule has 1 aliphatic rings. The van der Waals surface area contributed by atoms with Crippen LogP contribution in [-0.4, -0.2) is 35.0 Å². The van der Waals surface area contributed by atoms with Crippen molar-refractivity contribution in [2.24, 2.45) is 0 Å². The molecule has 1 aliphatic heterocycles. The van der Waals surface area contributed by atoms with Crippen molar-refractivity contribution in [3.05, 3.63) is 59.1 Å². The highest BCUT2D eigenvalue weighted by atomic mass is 35.5. The number of carbonyl (C=O) groups excluding carboxylic acids is 1. The molecule has 0 saturated carbocycles. The van der Waals surface area contributed by atoms with E-state index >= 15 is 0 Å². The van der Waals surface area contributed by atoms with Gasteiger partial charge in [0.2, 0.25) is 0 Å². The molecule has 0 unspecified atom stereocenters. The lowest BCUT2D eigenvalue weighted by atomic mass is 10.2. The predicted octanol–water partition coefficient (Wildman–Crippen LogP) is 4.91. The van der Waals surface area contributed by atoms with Crippen LogP contribution in [0.15, 0.2) is 42.5 Å². The highest BCUT2D eigenvalue weighted by Crippen LogP contribution is 2.32. The molecule has 32 heavy (non-hydrogen) atoms. The summed E-state index contributed by atoms with van der Waals surface area (Å²) < 4.78 is 12.9. The van der Waals surface area contributed by atoms with Gasteiger partial charge in [-0.1, -0.05) is 18.0 Å². The third-order valence-corrected chi connectivity index (χ3v) is 5.76. The maximum Gasteiger partial charge on any atom is 0.326 e. The summed E-state index contributed by atoms with van der Waals surface area (Å²) in [6.07, 6.45) is 4.25. The second-order valence-electron chi connectivity index (χ2n) is 7.56. The van der Waals surface area contributed by atoms with Crippen LogP contribution in [-0.2, 0) is 19.5 Å². The Morgan fingerprint density at radius 1 is 1.06 bits per heavy atom. The van der Waals surface area contributed by atoms with E-state index in [1.54, 1.807) is 55.5 Å². The number of halogens is 1. The molecule has 1 aromatic heterocycles. The molecule has 0 fully saturated rings. The summed E-state index contributed by atoms with van der Waals surface area (Å²) in [4.78, 5) is 15.0.